The number of aromatic nitrogens is 1. The fraction of sp³-hybridized carbons (Fsp3) is 0.455. The molecule has 1 atom stereocenters. The number of nitrogens with zero attached hydrogens (tertiary/aromatic N) is 1. The summed E-state index contributed by atoms with van der Waals surface area (Å²) in [7, 11) is -2.61. The summed E-state index contributed by atoms with van der Waals surface area (Å²) in [5.74, 6) is -0.847. The summed E-state index contributed by atoms with van der Waals surface area (Å²) in [6.07, 6.45) is 1.37. The van der Waals surface area contributed by atoms with Gasteiger partial charge >= 0.3 is 5.97 Å². The van der Waals surface area contributed by atoms with Crippen molar-refractivity contribution in [3.8, 4) is 0 Å². The first-order valence-corrected chi connectivity index (χ1v) is 6.88. The van der Waals surface area contributed by atoms with Gasteiger partial charge in [0.1, 0.15) is 6.04 Å². The molecule has 0 spiro atoms. The maximum absolute atomic E-state index is 12.0. The molecular weight excluding hydrogens is 256 g/mol. The Morgan fingerprint density at radius 2 is 2.06 bits per heavy atom. The van der Waals surface area contributed by atoms with Crippen LogP contribution < -0.4 is 4.72 Å². The molecule has 0 amide bonds. The van der Waals surface area contributed by atoms with Crippen LogP contribution in [0.5, 0.6) is 0 Å². The predicted octanol–water partition coefficient (Wildman–Crippen LogP) is 0.557. The van der Waals surface area contributed by atoms with Crippen molar-refractivity contribution in [3.63, 3.8) is 0 Å². The third kappa shape index (κ3) is 3.51. The quantitative estimate of drug-likeness (QED) is 0.791. The van der Waals surface area contributed by atoms with Gasteiger partial charge in [-0.1, -0.05) is 19.9 Å². The van der Waals surface area contributed by atoms with E-state index in [9.17, 15) is 13.2 Å². The molecule has 0 aliphatic heterocycles. The van der Waals surface area contributed by atoms with Gasteiger partial charge < -0.3 is 4.74 Å². The molecule has 1 heterocycles. The zero-order valence-electron chi connectivity index (χ0n) is 10.5. The van der Waals surface area contributed by atoms with E-state index in [1.165, 1.54) is 19.4 Å². The van der Waals surface area contributed by atoms with Crippen molar-refractivity contribution in [1.29, 1.82) is 0 Å². The van der Waals surface area contributed by atoms with Gasteiger partial charge in [0.2, 0.25) is 0 Å². The lowest BCUT2D eigenvalue weighted by atomic mass is 10.1. The molecule has 0 radical (unpaired) electrons. The van der Waals surface area contributed by atoms with Crippen molar-refractivity contribution in [1.82, 2.24) is 9.71 Å². The molecule has 6 nitrogen and oxygen atoms in total. The molecular formula is C11H16N2O4S. The van der Waals surface area contributed by atoms with Crippen LogP contribution in [0.25, 0.3) is 0 Å². The van der Waals surface area contributed by atoms with Crippen LogP contribution in [-0.4, -0.2) is 32.5 Å². The molecule has 0 aliphatic rings. The Hall–Kier alpha value is -1.47. The van der Waals surface area contributed by atoms with Crippen LogP contribution in [0, 0.1) is 5.92 Å². The maximum Gasteiger partial charge on any atom is 0.324 e. The van der Waals surface area contributed by atoms with E-state index in [2.05, 4.69) is 14.4 Å². The van der Waals surface area contributed by atoms with Gasteiger partial charge in [-0.25, -0.2) is 13.4 Å². The van der Waals surface area contributed by atoms with Crippen LogP contribution >= 0.6 is 0 Å². The van der Waals surface area contributed by atoms with Crippen LogP contribution in [0.3, 0.4) is 0 Å². The predicted molar refractivity (Wildman–Crippen MR) is 65.2 cm³/mol. The number of ether oxygens (including phenoxy) is 1. The van der Waals surface area contributed by atoms with Gasteiger partial charge in [-0.2, -0.15) is 4.72 Å². The van der Waals surface area contributed by atoms with E-state index in [0.29, 0.717) is 0 Å². The zero-order valence-corrected chi connectivity index (χ0v) is 11.3. The van der Waals surface area contributed by atoms with Crippen molar-refractivity contribution in [3.05, 3.63) is 24.4 Å². The first-order chi connectivity index (χ1) is 8.38. The molecule has 0 bridgehead atoms. The van der Waals surface area contributed by atoms with E-state index < -0.39 is 22.0 Å². The summed E-state index contributed by atoms with van der Waals surface area (Å²) in [6, 6.07) is 3.60. The Morgan fingerprint density at radius 1 is 1.39 bits per heavy atom. The van der Waals surface area contributed by atoms with E-state index in [-0.39, 0.29) is 10.9 Å². The van der Waals surface area contributed by atoms with Crippen molar-refractivity contribution in [2.45, 2.75) is 24.9 Å². The highest BCUT2D eigenvalue weighted by Crippen LogP contribution is 2.10. The van der Waals surface area contributed by atoms with Crippen molar-refractivity contribution in [2.24, 2.45) is 5.92 Å². The van der Waals surface area contributed by atoms with Crippen LogP contribution in [-0.2, 0) is 19.6 Å². The summed E-state index contributed by atoms with van der Waals surface area (Å²) in [5.41, 5.74) is 0. The summed E-state index contributed by atoms with van der Waals surface area (Å²) >= 11 is 0. The third-order valence-electron chi connectivity index (χ3n) is 2.32. The number of methoxy groups -OCH3 is 1. The molecule has 18 heavy (non-hydrogen) atoms. The maximum atomic E-state index is 12.0. The number of hydrogen-bond acceptors (Lipinski definition) is 5. The molecule has 0 aromatic carbocycles. The molecule has 7 heteroatoms. The Morgan fingerprint density at radius 3 is 2.50 bits per heavy atom. The molecule has 0 saturated carbocycles. The number of carbonyl (C=O) groups excluding carboxylic acids is 1. The molecule has 0 fully saturated rings. The number of sulfonamides is 1. The number of pyridine rings is 1. The number of nitrogens with one attached hydrogen (secondary N) is 1. The van der Waals surface area contributed by atoms with E-state index in [1.807, 2.05) is 0 Å². The van der Waals surface area contributed by atoms with Gasteiger partial charge in [0.15, 0.2) is 5.03 Å². The number of esters is 1. The van der Waals surface area contributed by atoms with Gasteiger partial charge in [-0.05, 0) is 18.1 Å². The molecule has 100 valence electrons. The summed E-state index contributed by atoms with van der Waals surface area (Å²) < 4.78 is 30.8. The fourth-order valence-corrected chi connectivity index (χ4v) is 2.60. The van der Waals surface area contributed by atoms with Gasteiger partial charge in [0.25, 0.3) is 10.0 Å². The number of hydrogen-bond donors (Lipinski definition) is 1. The van der Waals surface area contributed by atoms with Crippen LogP contribution in [0.2, 0.25) is 0 Å². The van der Waals surface area contributed by atoms with Crippen molar-refractivity contribution >= 4 is 16.0 Å². The van der Waals surface area contributed by atoms with Crippen LogP contribution in [0.15, 0.2) is 29.4 Å². The second kappa shape index (κ2) is 5.92. The monoisotopic (exact) mass is 272 g/mol. The normalized spacial score (nSPS) is 13.3. The highest BCUT2D eigenvalue weighted by molar-refractivity contribution is 7.89. The average Bonchev–Trinajstić information content (AvgIpc) is 2.36. The Labute approximate surface area is 106 Å². The minimum Gasteiger partial charge on any atom is -0.468 e. The molecule has 1 aromatic rings. The topological polar surface area (TPSA) is 85.4 Å². The van der Waals surface area contributed by atoms with Gasteiger partial charge in [0.05, 0.1) is 7.11 Å². The summed E-state index contributed by atoms with van der Waals surface area (Å²) in [6.45, 7) is 3.45. The highest BCUT2D eigenvalue weighted by atomic mass is 32.2. The Bertz CT molecular complexity index is 499. The smallest absolute Gasteiger partial charge is 0.324 e. The first kappa shape index (κ1) is 14.6. The Balaban J connectivity index is 2.97. The largest absolute Gasteiger partial charge is 0.468 e. The van der Waals surface area contributed by atoms with Crippen molar-refractivity contribution in [2.75, 3.05) is 7.11 Å². The van der Waals surface area contributed by atoms with Crippen LogP contribution in [0.4, 0.5) is 0 Å². The molecule has 0 saturated heterocycles. The van der Waals surface area contributed by atoms with Gasteiger partial charge in [-0.3, -0.25) is 4.79 Å². The third-order valence-corrected chi connectivity index (χ3v) is 3.67. The lowest BCUT2D eigenvalue weighted by molar-refractivity contribution is -0.143. The van der Waals surface area contributed by atoms with E-state index in [0.717, 1.165) is 0 Å². The lowest BCUT2D eigenvalue weighted by Gasteiger charge is -2.19. The summed E-state index contributed by atoms with van der Waals surface area (Å²) in [5, 5.41) is -0.125. The number of carbonyl (C=O) groups is 1. The van der Waals surface area contributed by atoms with E-state index in [1.54, 1.807) is 26.0 Å². The first-order valence-electron chi connectivity index (χ1n) is 5.39. The van der Waals surface area contributed by atoms with E-state index in [4.69, 9.17) is 0 Å². The standard InChI is InChI=1S/C11H16N2O4S/c1-8(2)10(11(14)17-3)13-18(15,16)9-6-4-5-7-12-9/h4-8,10,13H,1-3H3/t10-/m0/s1. The average molecular weight is 272 g/mol. The van der Waals surface area contributed by atoms with Crippen LogP contribution in [0.1, 0.15) is 13.8 Å². The summed E-state index contributed by atoms with van der Waals surface area (Å²) in [4.78, 5) is 15.2. The van der Waals surface area contributed by atoms with Gasteiger partial charge in [0, 0.05) is 6.20 Å². The molecule has 0 aliphatic carbocycles. The minimum absolute atomic E-state index is 0.125. The lowest BCUT2D eigenvalue weighted by Crippen LogP contribution is -2.45. The highest BCUT2D eigenvalue weighted by Gasteiger charge is 2.29. The number of rotatable bonds is 5. The van der Waals surface area contributed by atoms with Crippen molar-refractivity contribution < 1.29 is 17.9 Å². The Kier molecular flexibility index (Phi) is 4.80. The zero-order chi connectivity index (χ0) is 13.8. The molecule has 1 aromatic heterocycles. The van der Waals surface area contributed by atoms with E-state index >= 15 is 0 Å². The second-order valence-corrected chi connectivity index (χ2v) is 5.69. The van der Waals surface area contributed by atoms with Gasteiger partial charge in [-0.15, -0.1) is 0 Å². The SMILES string of the molecule is COC(=O)[C@@H](NS(=O)(=O)c1ccccn1)C(C)C. The molecule has 1 N–H and O–H groups in total. The second-order valence-electron chi connectivity index (χ2n) is 4.03. The fourth-order valence-electron chi connectivity index (χ4n) is 1.32. The molecule has 1 rings (SSSR count). The molecule has 0 unspecified atom stereocenters. The minimum atomic E-state index is -3.82.